The molecule has 1 unspecified atom stereocenters. The Labute approximate surface area is 191 Å². The minimum absolute atomic E-state index is 0. The quantitative estimate of drug-likeness (QED) is 0.381. The second-order valence-electron chi connectivity index (χ2n) is 7.96. The Morgan fingerprint density at radius 3 is 2.83 bits per heavy atom. The fourth-order valence-corrected chi connectivity index (χ4v) is 4.37. The van der Waals surface area contributed by atoms with Gasteiger partial charge in [-0.05, 0) is 44.1 Å². The molecule has 2 aromatic rings. The van der Waals surface area contributed by atoms with E-state index >= 15 is 0 Å². The topological polar surface area (TPSA) is 58.3 Å². The van der Waals surface area contributed by atoms with Gasteiger partial charge in [-0.2, -0.15) is 0 Å². The minimum atomic E-state index is 0. The van der Waals surface area contributed by atoms with Crippen LogP contribution in [0.15, 0.2) is 35.3 Å². The highest BCUT2D eigenvalue weighted by molar-refractivity contribution is 14.0. The smallest absolute Gasteiger partial charge is 0.194 e. The van der Waals surface area contributed by atoms with Gasteiger partial charge in [0.15, 0.2) is 11.8 Å². The summed E-state index contributed by atoms with van der Waals surface area (Å²) in [5.41, 5.74) is 1.43. The van der Waals surface area contributed by atoms with Gasteiger partial charge >= 0.3 is 0 Å². The van der Waals surface area contributed by atoms with Crippen LogP contribution in [0.1, 0.15) is 49.8 Å². The molecule has 0 spiro atoms. The Kier molecular flexibility index (Phi) is 8.32. The summed E-state index contributed by atoms with van der Waals surface area (Å²) in [6.07, 6.45) is 7.14. The molecule has 0 amide bonds. The number of benzene rings is 1. The molecule has 4 rings (SSSR count). The van der Waals surface area contributed by atoms with E-state index in [1.165, 1.54) is 31.2 Å². The minimum Gasteiger partial charge on any atom is -0.357 e. The van der Waals surface area contributed by atoms with Gasteiger partial charge in [-0.15, -0.1) is 34.2 Å². The lowest BCUT2D eigenvalue weighted by Gasteiger charge is -2.21. The average molecular weight is 508 g/mol. The van der Waals surface area contributed by atoms with Gasteiger partial charge in [0.25, 0.3) is 0 Å². The standard InChI is InChI=1S/C22H32N6.HI/c1-2-23-22(24-16-21-26-25-20-11-7-4-8-13-28(20)21)27-14-12-19(17-27)15-18-9-5-3-6-10-18;/h3,5-6,9-10,19H,2,4,7-8,11-17H2,1H3,(H,23,24);1H. The highest BCUT2D eigenvalue weighted by Crippen LogP contribution is 2.21. The summed E-state index contributed by atoms with van der Waals surface area (Å²) in [6.45, 7) is 6.80. The Bertz CT molecular complexity index is 788. The summed E-state index contributed by atoms with van der Waals surface area (Å²) < 4.78 is 2.29. The number of aryl methyl sites for hydroxylation is 1. The third kappa shape index (κ3) is 5.71. The molecule has 0 bridgehead atoms. The molecule has 0 radical (unpaired) electrons. The van der Waals surface area contributed by atoms with Gasteiger partial charge in [0.2, 0.25) is 0 Å². The van der Waals surface area contributed by atoms with E-state index in [1.54, 1.807) is 0 Å². The lowest BCUT2D eigenvalue weighted by atomic mass is 9.99. The first kappa shape index (κ1) is 22.1. The fraction of sp³-hybridized carbons (Fsp3) is 0.591. The molecule has 1 fully saturated rings. The number of hydrogen-bond acceptors (Lipinski definition) is 3. The molecule has 1 aromatic carbocycles. The predicted molar refractivity (Wildman–Crippen MR) is 128 cm³/mol. The molecular formula is C22H33IN6. The molecule has 1 N–H and O–H groups in total. The van der Waals surface area contributed by atoms with Crippen LogP contribution in [0.4, 0.5) is 0 Å². The summed E-state index contributed by atoms with van der Waals surface area (Å²) in [5, 5.41) is 12.3. The lowest BCUT2D eigenvalue weighted by molar-refractivity contribution is 0.459. The molecule has 0 aliphatic carbocycles. The van der Waals surface area contributed by atoms with Crippen LogP contribution in [0.3, 0.4) is 0 Å². The largest absolute Gasteiger partial charge is 0.357 e. The summed E-state index contributed by atoms with van der Waals surface area (Å²) in [5.74, 6) is 3.85. The third-order valence-corrected chi connectivity index (χ3v) is 5.84. The predicted octanol–water partition coefficient (Wildman–Crippen LogP) is 3.65. The number of rotatable bonds is 5. The van der Waals surface area contributed by atoms with Crippen LogP contribution in [-0.2, 0) is 25.9 Å². The fourth-order valence-electron chi connectivity index (χ4n) is 4.37. The van der Waals surface area contributed by atoms with Crippen LogP contribution in [0.2, 0.25) is 0 Å². The molecule has 3 heterocycles. The van der Waals surface area contributed by atoms with Crippen LogP contribution in [0.25, 0.3) is 0 Å². The maximum atomic E-state index is 4.93. The van der Waals surface area contributed by atoms with Crippen molar-refractivity contribution in [3.8, 4) is 0 Å². The Morgan fingerprint density at radius 2 is 2.00 bits per heavy atom. The molecule has 1 aromatic heterocycles. The second-order valence-corrected chi connectivity index (χ2v) is 7.96. The summed E-state index contributed by atoms with van der Waals surface area (Å²) in [4.78, 5) is 7.34. The van der Waals surface area contributed by atoms with Gasteiger partial charge in [0, 0.05) is 32.6 Å². The van der Waals surface area contributed by atoms with E-state index in [-0.39, 0.29) is 24.0 Å². The van der Waals surface area contributed by atoms with E-state index in [1.807, 2.05) is 0 Å². The number of likely N-dealkylation sites (tertiary alicyclic amines) is 1. The van der Waals surface area contributed by atoms with Crippen LogP contribution >= 0.6 is 24.0 Å². The van der Waals surface area contributed by atoms with Crippen molar-refractivity contribution in [3.05, 3.63) is 47.5 Å². The van der Waals surface area contributed by atoms with Crippen molar-refractivity contribution in [1.29, 1.82) is 0 Å². The van der Waals surface area contributed by atoms with Crippen molar-refractivity contribution in [1.82, 2.24) is 25.0 Å². The van der Waals surface area contributed by atoms with Crippen molar-refractivity contribution < 1.29 is 0 Å². The van der Waals surface area contributed by atoms with Gasteiger partial charge in [-0.1, -0.05) is 36.8 Å². The van der Waals surface area contributed by atoms with Crippen LogP contribution < -0.4 is 5.32 Å². The number of fused-ring (bicyclic) bond motifs is 1. The molecule has 6 nitrogen and oxygen atoms in total. The van der Waals surface area contributed by atoms with Crippen LogP contribution in [0, 0.1) is 5.92 Å². The third-order valence-electron chi connectivity index (χ3n) is 5.84. The number of halogens is 1. The number of guanidine groups is 1. The number of nitrogens with zero attached hydrogens (tertiary/aromatic N) is 5. The number of aliphatic imine (C=N–C) groups is 1. The van der Waals surface area contributed by atoms with E-state index in [4.69, 9.17) is 4.99 Å². The molecule has 1 saturated heterocycles. The van der Waals surface area contributed by atoms with Crippen LogP contribution in [-0.4, -0.2) is 45.3 Å². The van der Waals surface area contributed by atoms with Gasteiger partial charge in [0.1, 0.15) is 12.4 Å². The maximum absolute atomic E-state index is 4.93. The Morgan fingerprint density at radius 1 is 1.14 bits per heavy atom. The van der Waals surface area contributed by atoms with Crippen molar-refractivity contribution in [2.45, 2.75) is 58.5 Å². The van der Waals surface area contributed by atoms with Crippen molar-refractivity contribution >= 4 is 29.9 Å². The van der Waals surface area contributed by atoms with Crippen LogP contribution in [0.5, 0.6) is 0 Å². The van der Waals surface area contributed by atoms with Gasteiger partial charge in [0.05, 0.1) is 0 Å². The van der Waals surface area contributed by atoms with E-state index in [0.717, 1.165) is 56.6 Å². The molecule has 158 valence electrons. The monoisotopic (exact) mass is 508 g/mol. The molecule has 2 aliphatic heterocycles. The first-order chi connectivity index (χ1) is 13.8. The Hall–Kier alpha value is -1.64. The van der Waals surface area contributed by atoms with Gasteiger partial charge in [-0.25, -0.2) is 4.99 Å². The molecule has 7 heteroatoms. The van der Waals surface area contributed by atoms with E-state index in [0.29, 0.717) is 12.5 Å². The first-order valence-corrected chi connectivity index (χ1v) is 10.8. The zero-order valence-corrected chi connectivity index (χ0v) is 19.7. The zero-order valence-electron chi connectivity index (χ0n) is 17.4. The second kappa shape index (κ2) is 10.9. The summed E-state index contributed by atoms with van der Waals surface area (Å²) in [6, 6.07) is 10.8. The van der Waals surface area contributed by atoms with Crippen molar-refractivity contribution in [2.75, 3.05) is 19.6 Å². The van der Waals surface area contributed by atoms with E-state index in [2.05, 4.69) is 62.2 Å². The first-order valence-electron chi connectivity index (χ1n) is 10.8. The Balaban J connectivity index is 0.00000240. The molecule has 1 atom stereocenters. The van der Waals surface area contributed by atoms with E-state index in [9.17, 15) is 0 Å². The molecule has 29 heavy (non-hydrogen) atoms. The highest BCUT2D eigenvalue weighted by atomic mass is 127. The molecule has 0 saturated carbocycles. The zero-order chi connectivity index (χ0) is 19.2. The highest BCUT2D eigenvalue weighted by Gasteiger charge is 2.25. The summed E-state index contributed by atoms with van der Waals surface area (Å²) >= 11 is 0. The number of hydrogen-bond donors (Lipinski definition) is 1. The maximum Gasteiger partial charge on any atom is 0.194 e. The normalized spacial score (nSPS) is 19.4. The molecular weight excluding hydrogens is 475 g/mol. The van der Waals surface area contributed by atoms with Crippen molar-refractivity contribution in [3.63, 3.8) is 0 Å². The van der Waals surface area contributed by atoms with Gasteiger partial charge in [-0.3, -0.25) is 0 Å². The van der Waals surface area contributed by atoms with Crippen molar-refractivity contribution in [2.24, 2.45) is 10.9 Å². The SMILES string of the molecule is CCNC(=NCc1nnc2n1CCCCC2)N1CCC(Cc2ccccc2)C1.I. The van der Waals surface area contributed by atoms with Gasteiger partial charge < -0.3 is 14.8 Å². The number of nitrogens with one attached hydrogen (secondary N) is 1. The lowest BCUT2D eigenvalue weighted by Crippen LogP contribution is -2.40. The van der Waals surface area contributed by atoms with E-state index < -0.39 is 0 Å². The number of aromatic nitrogens is 3. The average Bonchev–Trinajstić information content (AvgIpc) is 3.26. The summed E-state index contributed by atoms with van der Waals surface area (Å²) in [7, 11) is 0. The molecule has 2 aliphatic rings.